The number of hydrogen-bond acceptors (Lipinski definition) is 5. The molecule has 3 heterocycles. The Balaban J connectivity index is 1.39. The van der Waals surface area contributed by atoms with Crippen LogP contribution in [0.4, 0.5) is 0 Å². The molecule has 1 N–H and O–H groups in total. The Morgan fingerprint density at radius 2 is 1.74 bits per heavy atom. The van der Waals surface area contributed by atoms with Crippen LogP contribution in [0.3, 0.4) is 0 Å². The maximum absolute atomic E-state index is 13.1. The maximum atomic E-state index is 13.1. The number of amides is 4. The molecular weight excluding hydrogens is 446 g/mol. The van der Waals surface area contributed by atoms with E-state index < -0.39 is 11.9 Å². The number of carbonyl (C=O) groups is 4. The molecule has 0 aliphatic carbocycles. The highest BCUT2D eigenvalue weighted by molar-refractivity contribution is 6.05. The molecule has 0 radical (unpaired) electrons. The summed E-state index contributed by atoms with van der Waals surface area (Å²) in [5.74, 6) is 0.259. The third-order valence-electron chi connectivity index (χ3n) is 7.10. The Hall–Kier alpha value is -3.68. The van der Waals surface area contributed by atoms with Gasteiger partial charge in [0, 0.05) is 36.2 Å². The van der Waals surface area contributed by atoms with Crippen LogP contribution in [0.25, 0.3) is 0 Å². The summed E-state index contributed by atoms with van der Waals surface area (Å²) in [6.07, 6.45) is 3.77. The number of benzene rings is 2. The first-order valence-corrected chi connectivity index (χ1v) is 12.2. The zero-order valence-electron chi connectivity index (χ0n) is 20.1. The molecule has 2 fully saturated rings. The second-order valence-corrected chi connectivity index (χ2v) is 9.58. The highest BCUT2D eigenvalue weighted by Gasteiger charge is 2.40. The van der Waals surface area contributed by atoms with Gasteiger partial charge in [-0.2, -0.15) is 0 Å². The molecule has 2 aromatic carbocycles. The van der Waals surface area contributed by atoms with E-state index in [4.69, 9.17) is 4.74 Å². The standard InChI is InChI=1S/C27H29N3O5/c1-16-13-18(26(33)29-11-4-3-5-12-29)14-17(2)24(16)35-22-8-6-7-19-20(22)15-30(27(19)34)21-9-10-23(31)28-25(21)32/h6-8,13-14,21H,3-5,9-12,15H2,1-2H3,(H,28,31,32). The quantitative estimate of drug-likeness (QED) is 0.683. The van der Waals surface area contributed by atoms with E-state index >= 15 is 0 Å². The van der Waals surface area contributed by atoms with Crippen molar-refractivity contribution < 1.29 is 23.9 Å². The highest BCUT2D eigenvalue weighted by atomic mass is 16.5. The smallest absolute Gasteiger partial charge is 0.255 e. The Bertz CT molecular complexity index is 1210. The minimum Gasteiger partial charge on any atom is -0.456 e. The van der Waals surface area contributed by atoms with Crippen molar-refractivity contribution in [1.82, 2.24) is 15.1 Å². The summed E-state index contributed by atoms with van der Waals surface area (Å²) >= 11 is 0. The molecule has 35 heavy (non-hydrogen) atoms. The van der Waals surface area contributed by atoms with E-state index in [1.165, 1.54) is 11.3 Å². The van der Waals surface area contributed by atoms with Crippen molar-refractivity contribution in [2.45, 2.75) is 58.5 Å². The Labute approximate surface area is 204 Å². The van der Waals surface area contributed by atoms with E-state index in [0.29, 0.717) is 29.0 Å². The van der Waals surface area contributed by atoms with Gasteiger partial charge in [0.15, 0.2) is 0 Å². The van der Waals surface area contributed by atoms with Gasteiger partial charge in [-0.15, -0.1) is 0 Å². The van der Waals surface area contributed by atoms with Gasteiger partial charge in [-0.3, -0.25) is 24.5 Å². The molecule has 0 spiro atoms. The van der Waals surface area contributed by atoms with Crippen molar-refractivity contribution in [2.75, 3.05) is 13.1 Å². The lowest BCUT2D eigenvalue weighted by Gasteiger charge is -2.29. The van der Waals surface area contributed by atoms with Crippen molar-refractivity contribution >= 4 is 23.6 Å². The van der Waals surface area contributed by atoms with Gasteiger partial charge >= 0.3 is 0 Å². The first-order chi connectivity index (χ1) is 16.8. The second kappa shape index (κ2) is 9.17. The minimum absolute atomic E-state index is 0.0496. The number of imide groups is 1. The van der Waals surface area contributed by atoms with E-state index in [-0.39, 0.29) is 30.7 Å². The molecule has 3 aliphatic rings. The van der Waals surface area contributed by atoms with Crippen molar-refractivity contribution in [2.24, 2.45) is 0 Å². The lowest BCUT2D eigenvalue weighted by Crippen LogP contribution is -2.52. The van der Waals surface area contributed by atoms with E-state index in [0.717, 1.165) is 42.6 Å². The SMILES string of the molecule is Cc1cc(C(=O)N2CCCCC2)cc(C)c1Oc1cccc2c1CN(C1CCC(=O)NC1=O)C2=O. The first-order valence-electron chi connectivity index (χ1n) is 12.2. The van der Waals surface area contributed by atoms with Crippen molar-refractivity contribution in [3.63, 3.8) is 0 Å². The number of carbonyl (C=O) groups excluding carboxylic acids is 4. The van der Waals surface area contributed by atoms with Crippen LogP contribution in [-0.4, -0.2) is 52.6 Å². The van der Waals surface area contributed by atoms with Crippen LogP contribution >= 0.6 is 0 Å². The van der Waals surface area contributed by atoms with E-state index in [1.54, 1.807) is 12.1 Å². The summed E-state index contributed by atoms with van der Waals surface area (Å²) in [5, 5.41) is 2.33. The fourth-order valence-electron chi connectivity index (χ4n) is 5.28. The third kappa shape index (κ3) is 4.29. The van der Waals surface area contributed by atoms with E-state index in [2.05, 4.69) is 5.32 Å². The molecule has 3 aliphatic heterocycles. The maximum Gasteiger partial charge on any atom is 0.255 e. The number of nitrogens with zero attached hydrogens (tertiary/aromatic N) is 2. The second-order valence-electron chi connectivity index (χ2n) is 9.58. The Morgan fingerprint density at radius 1 is 1.03 bits per heavy atom. The number of ether oxygens (including phenoxy) is 1. The van der Waals surface area contributed by atoms with Crippen molar-refractivity contribution in [3.05, 3.63) is 58.1 Å². The summed E-state index contributed by atoms with van der Waals surface area (Å²) < 4.78 is 6.33. The molecule has 1 unspecified atom stereocenters. The van der Waals surface area contributed by atoms with Gasteiger partial charge in [0.05, 0.1) is 6.54 Å². The fourth-order valence-corrected chi connectivity index (χ4v) is 5.28. The summed E-state index contributed by atoms with van der Waals surface area (Å²) in [6.45, 7) is 5.66. The normalized spacial score (nSPS) is 20.1. The molecule has 0 bridgehead atoms. The average molecular weight is 476 g/mol. The predicted octanol–water partition coefficient (Wildman–Crippen LogP) is 3.48. The van der Waals surface area contributed by atoms with Crippen molar-refractivity contribution in [3.8, 4) is 11.5 Å². The van der Waals surface area contributed by atoms with Crippen LogP contribution in [0.15, 0.2) is 30.3 Å². The van der Waals surface area contributed by atoms with Gasteiger partial charge in [-0.25, -0.2) is 0 Å². The molecule has 1 atom stereocenters. The molecule has 8 nitrogen and oxygen atoms in total. The topological polar surface area (TPSA) is 96.0 Å². The van der Waals surface area contributed by atoms with Crippen molar-refractivity contribution in [1.29, 1.82) is 0 Å². The fraction of sp³-hybridized carbons (Fsp3) is 0.407. The van der Waals surface area contributed by atoms with E-state index in [9.17, 15) is 19.2 Å². The van der Waals surface area contributed by atoms with Gasteiger partial charge < -0.3 is 14.5 Å². The minimum atomic E-state index is -0.677. The lowest BCUT2D eigenvalue weighted by molar-refractivity contribution is -0.136. The third-order valence-corrected chi connectivity index (χ3v) is 7.10. The largest absolute Gasteiger partial charge is 0.456 e. The summed E-state index contributed by atoms with van der Waals surface area (Å²) in [7, 11) is 0. The highest BCUT2D eigenvalue weighted by Crippen LogP contribution is 2.38. The zero-order valence-corrected chi connectivity index (χ0v) is 20.1. The van der Waals surface area contributed by atoms with Crippen LogP contribution in [0.2, 0.25) is 0 Å². The number of rotatable bonds is 4. The first kappa shape index (κ1) is 23.1. The molecule has 8 heteroatoms. The molecule has 0 aromatic heterocycles. The van der Waals surface area contributed by atoms with Crippen LogP contribution in [-0.2, 0) is 16.1 Å². The number of piperidine rings is 2. The number of aryl methyl sites for hydroxylation is 2. The van der Waals surface area contributed by atoms with Crippen LogP contribution < -0.4 is 10.1 Å². The predicted molar refractivity (Wildman–Crippen MR) is 128 cm³/mol. The Morgan fingerprint density at radius 3 is 2.43 bits per heavy atom. The van der Waals surface area contributed by atoms with Gasteiger partial charge in [0.2, 0.25) is 11.8 Å². The lowest BCUT2D eigenvalue weighted by atomic mass is 10.0. The molecule has 4 amide bonds. The summed E-state index contributed by atoms with van der Waals surface area (Å²) in [6, 6.07) is 8.36. The molecule has 0 saturated carbocycles. The number of hydrogen-bond donors (Lipinski definition) is 1. The number of fused-ring (bicyclic) bond motifs is 1. The number of likely N-dealkylation sites (tertiary alicyclic amines) is 1. The monoisotopic (exact) mass is 475 g/mol. The molecule has 2 aromatic rings. The molecular formula is C27H29N3O5. The van der Waals surface area contributed by atoms with Gasteiger partial charge in [0.1, 0.15) is 17.5 Å². The molecule has 182 valence electrons. The Kier molecular flexibility index (Phi) is 6.05. The number of nitrogens with one attached hydrogen (secondary N) is 1. The van der Waals surface area contributed by atoms with Gasteiger partial charge in [-0.1, -0.05) is 6.07 Å². The zero-order chi connectivity index (χ0) is 24.7. The van der Waals surface area contributed by atoms with Gasteiger partial charge in [-0.05, 0) is 74.9 Å². The van der Waals surface area contributed by atoms with Crippen LogP contribution in [0.1, 0.15) is 69.5 Å². The van der Waals surface area contributed by atoms with E-state index in [1.807, 2.05) is 36.9 Å². The summed E-state index contributed by atoms with van der Waals surface area (Å²) in [5.41, 5.74) is 3.56. The van der Waals surface area contributed by atoms with Gasteiger partial charge in [0.25, 0.3) is 11.8 Å². The van der Waals surface area contributed by atoms with Crippen LogP contribution in [0.5, 0.6) is 11.5 Å². The van der Waals surface area contributed by atoms with Crippen LogP contribution in [0, 0.1) is 13.8 Å². The average Bonchev–Trinajstić information content (AvgIpc) is 3.18. The summed E-state index contributed by atoms with van der Waals surface area (Å²) in [4.78, 5) is 53.4. The molecule has 5 rings (SSSR count). The molecule has 2 saturated heterocycles.